The zero-order chi connectivity index (χ0) is 50.7. The van der Waals surface area contributed by atoms with Crippen molar-refractivity contribution in [1.82, 2.24) is 0 Å². The molecule has 6 aliphatic rings. The molecular weight excluding hydrogens is 944 g/mol. The molecule has 29 atom stereocenters. The summed E-state index contributed by atoms with van der Waals surface area (Å²) in [6.07, 6.45) is -47.9. The molecular formula is C36H64O32. The van der Waals surface area contributed by atoms with Gasteiger partial charge in [0.2, 0.25) is 5.79 Å². The highest BCUT2D eigenvalue weighted by Crippen LogP contribution is 2.37. The van der Waals surface area contributed by atoms with Gasteiger partial charge in [0.05, 0.1) is 39.6 Å². The zero-order valence-corrected chi connectivity index (χ0v) is 35.5. The Labute approximate surface area is 383 Å². The van der Waals surface area contributed by atoms with Crippen LogP contribution in [0.2, 0.25) is 0 Å². The summed E-state index contributed by atoms with van der Waals surface area (Å²) < 4.78 is 53.1. The van der Waals surface area contributed by atoms with E-state index in [1.165, 1.54) is 0 Å². The van der Waals surface area contributed by atoms with Crippen molar-refractivity contribution in [2.24, 2.45) is 0 Å². The Kier molecular flexibility index (Phi) is 20.9. The first-order valence-corrected chi connectivity index (χ1v) is 21.2. The molecule has 6 heterocycles. The Balaban J connectivity index is 0.000000314. The lowest BCUT2D eigenvalue weighted by atomic mass is 9.95. The Bertz CT molecular complexity index is 1500. The van der Waals surface area contributed by atoms with Crippen LogP contribution < -0.4 is 0 Å². The van der Waals surface area contributed by atoms with Crippen molar-refractivity contribution < 1.29 is 160 Å². The van der Waals surface area contributed by atoms with Crippen molar-refractivity contribution in [2.75, 3.05) is 46.2 Å². The number of rotatable bonds is 15. The third kappa shape index (κ3) is 11.7. The Hall–Kier alpha value is -1.28. The van der Waals surface area contributed by atoms with Gasteiger partial charge in [-0.15, -0.1) is 0 Å². The van der Waals surface area contributed by atoms with Gasteiger partial charge in [0.15, 0.2) is 31.5 Å². The predicted octanol–water partition coefficient (Wildman–Crippen LogP) is -15.1. The summed E-state index contributed by atoms with van der Waals surface area (Å²) in [6, 6.07) is 0. The maximum atomic E-state index is 10.9. The average molecular weight is 1010 g/mol. The van der Waals surface area contributed by atoms with Crippen molar-refractivity contribution in [3.05, 3.63) is 0 Å². The quantitative estimate of drug-likeness (QED) is 0.0724. The molecule has 68 heavy (non-hydrogen) atoms. The monoisotopic (exact) mass is 1010 g/mol. The van der Waals surface area contributed by atoms with Gasteiger partial charge in [0, 0.05) is 0 Å². The van der Waals surface area contributed by atoms with Crippen molar-refractivity contribution in [2.45, 2.75) is 178 Å². The van der Waals surface area contributed by atoms with Crippen LogP contribution >= 0.6 is 0 Å². The number of hydrogen-bond donors (Lipinski definition) is 22. The lowest BCUT2D eigenvalue weighted by Gasteiger charge is -2.49. The molecule has 6 fully saturated rings. The summed E-state index contributed by atoms with van der Waals surface area (Å²) in [5, 5.41) is 219. The highest BCUT2D eigenvalue weighted by atomic mass is 16.8. The summed E-state index contributed by atoms with van der Waals surface area (Å²) in [5.41, 5.74) is 0. The summed E-state index contributed by atoms with van der Waals surface area (Å²) in [7, 11) is 0. The van der Waals surface area contributed by atoms with Gasteiger partial charge in [-0.05, 0) is 0 Å². The lowest BCUT2D eigenvalue weighted by molar-refractivity contribution is -0.387. The van der Waals surface area contributed by atoms with Crippen LogP contribution in [-0.2, 0) is 47.4 Å². The summed E-state index contributed by atoms with van der Waals surface area (Å²) in [5.74, 6) is -2.22. The average Bonchev–Trinajstić information content (AvgIpc) is 3.58. The van der Waals surface area contributed by atoms with Crippen LogP contribution in [0.3, 0.4) is 0 Å². The minimum atomic E-state index is -2.22. The summed E-state index contributed by atoms with van der Waals surface area (Å²) >= 11 is 0. The van der Waals surface area contributed by atoms with E-state index in [0.717, 1.165) is 0 Å². The molecule has 32 nitrogen and oxygen atoms in total. The van der Waals surface area contributed by atoms with Gasteiger partial charge < -0.3 is 160 Å². The molecule has 0 spiro atoms. The number of aliphatic hydroxyl groups is 22. The standard InChI is InChI=1S/C24H42O21.C12H22O11/c25-1-5-9(29)10(30)15(35)22(40-5)44-19-7(3-27)42-24(17(37)12(19)32)45-20-8(4-28)41-23(16(36)13(20)33)43-18-6(2-26)39-21(38)14(34)11(18)31;13-1-4-6(16)8(18)9(19)11(21-4)23-12(3-15)10(20)7(17)5(2-14)22-12/h5-38H,1-4H2;4-11,13-20H,1-3H2/t5-,6-,7-,8-,9-,10+,11-,12-,13-,14-,15-,16-,17-,18-,19-,20-,21+,22-,23-,24-;4-,5-,6-,7-,8+,9-,10+,11-,12+/m11/s1. The fourth-order valence-corrected chi connectivity index (χ4v) is 8.18. The van der Waals surface area contributed by atoms with E-state index in [2.05, 4.69) is 0 Å². The number of ether oxygens (including phenoxy) is 10. The van der Waals surface area contributed by atoms with E-state index in [0.29, 0.717) is 0 Å². The Morgan fingerprint density at radius 3 is 1.00 bits per heavy atom. The first kappa shape index (κ1) is 57.6. The lowest BCUT2D eigenvalue weighted by Crippen LogP contribution is -2.67. The van der Waals surface area contributed by atoms with Gasteiger partial charge in [0.1, 0.15) is 147 Å². The molecule has 0 aromatic rings. The van der Waals surface area contributed by atoms with Crippen LogP contribution in [0.25, 0.3) is 0 Å². The molecule has 0 aromatic heterocycles. The van der Waals surface area contributed by atoms with Crippen LogP contribution in [-0.4, -0.2) is 336 Å². The molecule has 6 aliphatic heterocycles. The van der Waals surface area contributed by atoms with Gasteiger partial charge in [-0.3, -0.25) is 0 Å². The van der Waals surface area contributed by atoms with E-state index in [1.54, 1.807) is 0 Å². The fourth-order valence-electron chi connectivity index (χ4n) is 8.18. The minimum Gasteiger partial charge on any atom is -0.394 e. The Morgan fingerprint density at radius 2 is 0.632 bits per heavy atom. The Morgan fingerprint density at radius 1 is 0.309 bits per heavy atom. The van der Waals surface area contributed by atoms with Crippen molar-refractivity contribution in [3.8, 4) is 0 Å². The molecule has 400 valence electrons. The predicted molar refractivity (Wildman–Crippen MR) is 203 cm³/mol. The largest absolute Gasteiger partial charge is 0.394 e. The molecule has 0 bridgehead atoms. The fraction of sp³-hybridized carbons (Fsp3) is 1.00. The van der Waals surface area contributed by atoms with Gasteiger partial charge in [-0.2, -0.15) is 0 Å². The smallest absolute Gasteiger partial charge is 0.224 e. The van der Waals surface area contributed by atoms with Gasteiger partial charge in [-0.1, -0.05) is 0 Å². The van der Waals surface area contributed by atoms with E-state index in [4.69, 9.17) is 57.6 Å². The van der Waals surface area contributed by atoms with Crippen LogP contribution in [0.4, 0.5) is 0 Å². The van der Waals surface area contributed by atoms with E-state index in [9.17, 15) is 102 Å². The van der Waals surface area contributed by atoms with E-state index in [1.807, 2.05) is 0 Å². The highest BCUT2D eigenvalue weighted by molar-refractivity contribution is 5.00. The topological polar surface area (TPSA) is 537 Å². The SMILES string of the molecule is OC[C@H]1O[C@@](CO)(O[C@H]2O[C@H](CO)[C@@H](O)[C@H](O)[C@H]2O)[C@@H](O)[C@@H]1O.OC[C@H]1O[C@H](O[C@H]2[C@H](O)[C@@H](O)[C@@H](O[C@H]3[C@H](O)[C@@H](O)[C@@H](O[C@H]4[C@H](O)[C@@H](O)[C@@H](O)O[C@@H]4CO)O[C@@H]3CO)O[C@@H]2CO)[C@H](O)[C@@H](O)[C@@H]1O. The molecule has 0 aliphatic carbocycles. The second-order valence-electron chi connectivity index (χ2n) is 16.7. The molecule has 0 unspecified atom stereocenters. The first-order chi connectivity index (χ1) is 32.1. The third-order valence-corrected chi connectivity index (χ3v) is 12.3. The number of aliphatic hydroxyl groups excluding tert-OH is 22. The molecule has 22 N–H and O–H groups in total. The summed E-state index contributed by atoms with van der Waals surface area (Å²) in [4.78, 5) is 0. The van der Waals surface area contributed by atoms with Gasteiger partial charge in [0.25, 0.3) is 0 Å². The normalized spacial score (nSPS) is 52.3. The third-order valence-electron chi connectivity index (χ3n) is 12.3. The molecule has 0 amide bonds. The number of hydrogen-bond acceptors (Lipinski definition) is 32. The van der Waals surface area contributed by atoms with Gasteiger partial charge in [-0.25, -0.2) is 0 Å². The minimum absolute atomic E-state index is 0.669. The molecule has 0 radical (unpaired) electrons. The van der Waals surface area contributed by atoms with Crippen LogP contribution in [0.5, 0.6) is 0 Å². The van der Waals surface area contributed by atoms with Crippen molar-refractivity contribution in [3.63, 3.8) is 0 Å². The second-order valence-corrected chi connectivity index (χ2v) is 16.7. The van der Waals surface area contributed by atoms with Gasteiger partial charge >= 0.3 is 0 Å². The van der Waals surface area contributed by atoms with E-state index in [-0.39, 0.29) is 0 Å². The molecule has 6 rings (SSSR count). The van der Waals surface area contributed by atoms with Crippen molar-refractivity contribution >= 4 is 0 Å². The van der Waals surface area contributed by atoms with Crippen LogP contribution in [0.15, 0.2) is 0 Å². The first-order valence-electron chi connectivity index (χ1n) is 21.2. The van der Waals surface area contributed by atoms with Crippen LogP contribution in [0, 0.1) is 0 Å². The molecule has 32 heteroatoms. The van der Waals surface area contributed by atoms with E-state index < -0.39 is 224 Å². The van der Waals surface area contributed by atoms with E-state index >= 15 is 0 Å². The highest BCUT2D eigenvalue weighted by Gasteiger charge is 2.59. The molecule has 0 aromatic carbocycles. The van der Waals surface area contributed by atoms with Crippen LogP contribution in [0.1, 0.15) is 0 Å². The maximum Gasteiger partial charge on any atom is 0.224 e. The molecule has 6 saturated heterocycles. The second kappa shape index (κ2) is 24.6. The summed E-state index contributed by atoms with van der Waals surface area (Å²) in [6.45, 7) is -5.71. The molecule has 0 saturated carbocycles. The zero-order valence-electron chi connectivity index (χ0n) is 35.5. The van der Waals surface area contributed by atoms with Crippen molar-refractivity contribution in [1.29, 1.82) is 0 Å². The maximum absolute atomic E-state index is 10.9.